The van der Waals surface area contributed by atoms with Gasteiger partial charge in [0.1, 0.15) is 13.2 Å². The number of carbonyl (C=O) groups excluding carboxylic acids is 1. The molecule has 0 aliphatic heterocycles. The average Bonchev–Trinajstić information content (AvgIpc) is 2.66. The molecule has 0 radical (unpaired) electrons. The van der Waals surface area contributed by atoms with Gasteiger partial charge in [-0.1, -0.05) is 40.0 Å². The Kier molecular flexibility index (Phi) is 13.4. The maximum Gasteiger partial charge on any atom is 0.340 e. The Labute approximate surface area is 206 Å². The number of ether oxygens (including phenoxy) is 1. The SMILES string of the molecule is CCCC[N+](CCCC)(CCCC)CCOC(=O)c1c(I)ccc(I)c1I. The van der Waals surface area contributed by atoms with Crippen LogP contribution in [0.15, 0.2) is 12.1 Å². The van der Waals surface area contributed by atoms with E-state index >= 15 is 0 Å². The fourth-order valence-electron chi connectivity index (χ4n) is 3.27. The van der Waals surface area contributed by atoms with Gasteiger partial charge in [-0.3, -0.25) is 0 Å². The third kappa shape index (κ3) is 8.62. The summed E-state index contributed by atoms with van der Waals surface area (Å²) in [5.74, 6) is -0.179. The van der Waals surface area contributed by atoms with E-state index in [1.807, 2.05) is 12.1 Å². The Bertz CT molecular complexity index is 571. The Morgan fingerprint density at radius 1 is 0.852 bits per heavy atom. The second-order valence-electron chi connectivity index (χ2n) is 7.15. The molecule has 0 saturated carbocycles. The molecule has 0 N–H and O–H groups in total. The lowest BCUT2D eigenvalue weighted by molar-refractivity contribution is -0.929. The average molecular weight is 712 g/mol. The molecule has 6 heteroatoms. The van der Waals surface area contributed by atoms with Crippen molar-refractivity contribution in [1.82, 2.24) is 0 Å². The van der Waals surface area contributed by atoms with Gasteiger partial charge in [-0.15, -0.1) is 0 Å². The lowest BCUT2D eigenvalue weighted by Crippen LogP contribution is -2.52. The highest BCUT2D eigenvalue weighted by Gasteiger charge is 2.27. The molecular formula is C21H33I3NO2+. The maximum atomic E-state index is 12.7. The predicted octanol–water partition coefficient (Wildman–Crippen LogP) is 6.87. The Morgan fingerprint density at radius 3 is 1.81 bits per heavy atom. The van der Waals surface area contributed by atoms with Crippen LogP contribution in [0, 0.1) is 10.7 Å². The molecular weight excluding hydrogens is 679 g/mol. The summed E-state index contributed by atoms with van der Waals surface area (Å²) >= 11 is 6.75. The first kappa shape index (κ1) is 25.9. The highest BCUT2D eigenvalue weighted by molar-refractivity contribution is 14.1. The molecule has 0 saturated heterocycles. The zero-order valence-corrected chi connectivity index (χ0v) is 23.3. The summed E-state index contributed by atoms with van der Waals surface area (Å²) in [6, 6.07) is 4.04. The molecule has 1 rings (SSSR count). The summed E-state index contributed by atoms with van der Waals surface area (Å²) in [5, 5.41) is 0. The third-order valence-corrected chi connectivity index (χ3v) is 8.96. The second-order valence-corrected chi connectivity index (χ2v) is 10.6. The van der Waals surface area contributed by atoms with E-state index in [2.05, 4.69) is 88.5 Å². The molecule has 1 aromatic rings. The van der Waals surface area contributed by atoms with Crippen LogP contribution < -0.4 is 0 Å². The molecule has 0 spiro atoms. The van der Waals surface area contributed by atoms with E-state index in [1.165, 1.54) is 58.2 Å². The van der Waals surface area contributed by atoms with Crippen molar-refractivity contribution in [2.24, 2.45) is 0 Å². The fourth-order valence-corrected chi connectivity index (χ4v) is 5.60. The first-order valence-corrected chi connectivity index (χ1v) is 13.3. The Hall–Kier alpha value is 0.840. The monoisotopic (exact) mass is 712 g/mol. The van der Waals surface area contributed by atoms with E-state index in [-0.39, 0.29) is 5.97 Å². The molecule has 3 nitrogen and oxygen atoms in total. The molecule has 0 fully saturated rings. The van der Waals surface area contributed by atoms with Crippen molar-refractivity contribution in [3.05, 3.63) is 28.4 Å². The van der Waals surface area contributed by atoms with Gasteiger partial charge in [0.25, 0.3) is 0 Å². The van der Waals surface area contributed by atoms with Crippen molar-refractivity contribution in [2.45, 2.75) is 59.3 Å². The van der Waals surface area contributed by atoms with Crippen LogP contribution >= 0.6 is 67.8 Å². The van der Waals surface area contributed by atoms with Crippen LogP contribution in [0.3, 0.4) is 0 Å². The van der Waals surface area contributed by atoms with Gasteiger partial charge in [-0.05, 0) is 99.2 Å². The number of halogens is 3. The first-order valence-electron chi connectivity index (χ1n) is 10.1. The van der Waals surface area contributed by atoms with E-state index in [4.69, 9.17) is 4.74 Å². The largest absolute Gasteiger partial charge is 0.456 e. The third-order valence-electron chi connectivity index (χ3n) is 5.00. The summed E-state index contributed by atoms with van der Waals surface area (Å²) in [5.41, 5.74) is 0.719. The normalized spacial score (nSPS) is 11.6. The van der Waals surface area contributed by atoms with Crippen LogP contribution in [0.5, 0.6) is 0 Å². The molecule has 1 aromatic carbocycles. The Balaban J connectivity index is 2.81. The van der Waals surface area contributed by atoms with Crippen LogP contribution in [-0.4, -0.2) is 43.2 Å². The summed E-state index contributed by atoms with van der Waals surface area (Å²) in [6.07, 6.45) is 7.39. The molecule has 154 valence electrons. The van der Waals surface area contributed by atoms with Gasteiger partial charge >= 0.3 is 5.97 Å². The number of hydrogen-bond acceptors (Lipinski definition) is 2. The van der Waals surface area contributed by atoms with Gasteiger partial charge in [-0.2, -0.15) is 0 Å². The van der Waals surface area contributed by atoms with Crippen LogP contribution in [0.25, 0.3) is 0 Å². The molecule has 0 aromatic heterocycles. The number of unbranched alkanes of at least 4 members (excludes halogenated alkanes) is 3. The number of nitrogens with zero attached hydrogens (tertiary/aromatic N) is 1. The highest BCUT2D eigenvalue weighted by Crippen LogP contribution is 2.25. The lowest BCUT2D eigenvalue weighted by Gasteiger charge is -2.39. The summed E-state index contributed by atoms with van der Waals surface area (Å²) in [6.45, 7) is 11.8. The van der Waals surface area contributed by atoms with E-state index in [1.54, 1.807) is 0 Å². The second kappa shape index (κ2) is 14.0. The number of carbonyl (C=O) groups is 1. The predicted molar refractivity (Wildman–Crippen MR) is 139 cm³/mol. The highest BCUT2D eigenvalue weighted by atomic mass is 127. The van der Waals surface area contributed by atoms with Crippen LogP contribution in [0.2, 0.25) is 0 Å². The minimum absolute atomic E-state index is 0.179. The zero-order valence-electron chi connectivity index (χ0n) is 16.8. The molecule has 27 heavy (non-hydrogen) atoms. The van der Waals surface area contributed by atoms with Crippen LogP contribution in [0.4, 0.5) is 0 Å². The minimum Gasteiger partial charge on any atom is -0.456 e. The van der Waals surface area contributed by atoms with Crippen LogP contribution in [0.1, 0.15) is 69.7 Å². The van der Waals surface area contributed by atoms with Gasteiger partial charge in [0.05, 0.1) is 25.2 Å². The number of hydrogen-bond donors (Lipinski definition) is 0. The summed E-state index contributed by atoms with van der Waals surface area (Å²) in [4.78, 5) is 12.7. The fraction of sp³-hybridized carbons (Fsp3) is 0.667. The topological polar surface area (TPSA) is 26.3 Å². The van der Waals surface area contributed by atoms with Gasteiger partial charge in [-0.25, -0.2) is 4.79 Å². The van der Waals surface area contributed by atoms with Crippen molar-refractivity contribution in [3.8, 4) is 0 Å². The molecule has 0 aliphatic rings. The van der Waals surface area contributed by atoms with Crippen molar-refractivity contribution >= 4 is 73.7 Å². The van der Waals surface area contributed by atoms with E-state index in [0.29, 0.717) is 6.61 Å². The zero-order chi connectivity index (χ0) is 20.3. The van der Waals surface area contributed by atoms with Crippen molar-refractivity contribution in [2.75, 3.05) is 32.8 Å². The lowest BCUT2D eigenvalue weighted by atomic mass is 10.1. The number of quaternary nitrogens is 1. The maximum absolute atomic E-state index is 12.7. The molecule has 0 amide bonds. The molecule has 0 atom stereocenters. The summed E-state index contributed by atoms with van der Waals surface area (Å²) in [7, 11) is 0. The molecule has 0 unspecified atom stereocenters. The van der Waals surface area contributed by atoms with Gasteiger partial charge in [0.15, 0.2) is 0 Å². The van der Waals surface area contributed by atoms with E-state index in [9.17, 15) is 4.79 Å². The quantitative estimate of drug-likeness (QED) is 0.0967. The molecule has 0 heterocycles. The van der Waals surface area contributed by atoms with Gasteiger partial charge < -0.3 is 9.22 Å². The molecule has 0 aliphatic carbocycles. The van der Waals surface area contributed by atoms with Crippen LogP contribution in [-0.2, 0) is 4.74 Å². The van der Waals surface area contributed by atoms with Gasteiger partial charge in [0.2, 0.25) is 0 Å². The Morgan fingerprint density at radius 2 is 1.33 bits per heavy atom. The van der Waals surface area contributed by atoms with E-state index < -0.39 is 0 Å². The van der Waals surface area contributed by atoms with Crippen molar-refractivity contribution in [1.29, 1.82) is 0 Å². The van der Waals surface area contributed by atoms with Gasteiger partial charge in [0, 0.05) is 10.7 Å². The van der Waals surface area contributed by atoms with Crippen molar-refractivity contribution < 1.29 is 14.0 Å². The summed E-state index contributed by atoms with van der Waals surface area (Å²) < 4.78 is 9.93. The standard InChI is InChI=1S/C21H33I3NO2/c1-4-7-12-25(13-8-5-2,14-9-6-3)15-16-27-21(26)19-17(22)10-11-18(23)20(19)24/h10-11H,4-9,12-16H2,1-3H3/q+1. The number of rotatable bonds is 13. The smallest absolute Gasteiger partial charge is 0.340 e. The van der Waals surface area contributed by atoms with Crippen molar-refractivity contribution in [3.63, 3.8) is 0 Å². The first-order chi connectivity index (χ1) is 12.9. The minimum atomic E-state index is -0.179. The number of esters is 1. The number of benzene rings is 1. The van der Waals surface area contributed by atoms with E-state index in [0.717, 1.165) is 27.3 Å². The molecule has 0 bridgehead atoms.